The van der Waals surface area contributed by atoms with E-state index in [2.05, 4.69) is 72.3 Å². The zero-order chi connectivity index (χ0) is 24.0. The summed E-state index contributed by atoms with van der Waals surface area (Å²) in [7, 11) is 1.54. The number of rotatable bonds is 9. The summed E-state index contributed by atoms with van der Waals surface area (Å²) in [5, 5.41) is 3.19. The van der Waals surface area contributed by atoms with Gasteiger partial charge in [-0.15, -0.1) is 6.58 Å². The third kappa shape index (κ3) is 5.17. The lowest BCUT2D eigenvalue weighted by Crippen LogP contribution is -2.51. The first-order valence-electron chi connectivity index (χ1n) is 12.1. The predicted octanol–water partition coefficient (Wildman–Crippen LogP) is 4.51. The van der Waals surface area contributed by atoms with Crippen LogP contribution in [0.2, 0.25) is 0 Å². The summed E-state index contributed by atoms with van der Waals surface area (Å²) in [6.07, 6.45) is 5.90. The van der Waals surface area contributed by atoms with Crippen molar-refractivity contribution in [1.82, 2.24) is 10.2 Å². The van der Waals surface area contributed by atoms with Gasteiger partial charge in [-0.3, -0.25) is 9.69 Å². The standard InChI is InChI=1S/C29H36N2O3/c1-4-18-34-28-27(30-26(32)21-33-3)24-12-8-9-13-25(24)29(28)14-16-31(17-15-29)20-22(2)19-23-10-6-5-7-11-23/h4-13,19,27-28H,1,14-18,20-21H2,2-3H3,(H,30,32)/b22-19+/t27-,28+/m1/s1. The predicted molar refractivity (Wildman–Crippen MR) is 137 cm³/mol. The van der Waals surface area contributed by atoms with Crippen LogP contribution in [0.1, 0.15) is 42.5 Å². The van der Waals surface area contributed by atoms with E-state index >= 15 is 0 Å². The summed E-state index contributed by atoms with van der Waals surface area (Å²) in [6, 6.07) is 18.8. The molecule has 2 atom stereocenters. The number of likely N-dealkylation sites (tertiary alicyclic amines) is 1. The maximum absolute atomic E-state index is 12.5. The van der Waals surface area contributed by atoms with Crippen molar-refractivity contribution in [1.29, 1.82) is 0 Å². The molecule has 34 heavy (non-hydrogen) atoms. The van der Waals surface area contributed by atoms with Crippen LogP contribution in [0, 0.1) is 0 Å². The van der Waals surface area contributed by atoms with Crippen LogP contribution in [0.15, 0.2) is 72.8 Å². The molecule has 0 bridgehead atoms. The van der Waals surface area contributed by atoms with E-state index in [1.165, 1.54) is 16.7 Å². The largest absolute Gasteiger partial charge is 0.375 e. The summed E-state index contributed by atoms with van der Waals surface area (Å²) < 4.78 is 11.5. The second kappa shape index (κ2) is 11.1. The first-order chi connectivity index (χ1) is 16.6. The highest BCUT2D eigenvalue weighted by Crippen LogP contribution is 2.52. The second-order valence-corrected chi connectivity index (χ2v) is 9.44. The molecular weight excluding hydrogens is 424 g/mol. The maximum Gasteiger partial charge on any atom is 0.246 e. The molecule has 1 aliphatic carbocycles. The highest BCUT2D eigenvalue weighted by Gasteiger charge is 2.54. The Labute approximate surface area is 203 Å². The van der Waals surface area contributed by atoms with Crippen LogP contribution in [0.25, 0.3) is 6.08 Å². The molecule has 1 heterocycles. The Balaban J connectivity index is 1.54. The fourth-order valence-corrected chi connectivity index (χ4v) is 5.68. The fourth-order valence-electron chi connectivity index (χ4n) is 5.68. The van der Waals surface area contributed by atoms with Gasteiger partial charge in [-0.05, 0) is 49.5 Å². The van der Waals surface area contributed by atoms with E-state index in [0.29, 0.717) is 6.61 Å². The molecule has 1 fully saturated rings. The number of carbonyl (C=O) groups excluding carboxylic acids is 1. The van der Waals surface area contributed by atoms with E-state index in [-0.39, 0.29) is 30.1 Å². The number of piperidine rings is 1. The van der Waals surface area contributed by atoms with Gasteiger partial charge in [0.1, 0.15) is 6.61 Å². The van der Waals surface area contributed by atoms with Crippen molar-refractivity contribution < 1.29 is 14.3 Å². The summed E-state index contributed by atoms with van der Waals surface area (Å²) in [4.78, 5) is 15.0. The molecule has 2 aromatic rings. The molecular formula is C29H36N2O3. The lowest BCUT2D eigenvalue weighted by atomic mass is 9.71. The molecule has 0 saturated carbocycles. The maximum atomic E-state index is 12.5. The molecule has 1 saturated heterocycles. The molecule has 1 N–H and O–H groups in total. The van der Waals surface area contributed by atoms with Crippen molar-refractivity contribution in [2.75, 3.05) is 40.0 Å². The Morgan fingerprint density at radius 3 is 2.56 bits per heavy atom. The molecule has 5 nitrogen and oxygen atoms in total. The van der Waals surface area contributed by atoms with Crippen molar-refractivity contribution in [2.45, 2.75) is 37.3 Å². The fraction of sp³-hybridized carbons (Fsp3) is 0.414. The van der Waals surface area contributed by atoms with Crippen LogP contribution < -0.4 is 5.32 Å². The average molecular weight is 461 g/mol. The topological polar surface area (TPSA) is 50.8 Å². The van der Waals surface area contributed by atoms with Gasteiger partial charge in [-0.25, -0.2) is 0 Å². The number of nitrogens with one attached hydrogen (secondary N) is 1. The minimum atomic E-state index is -0.190. The number of carbonyl (C=O) groups is 1. The van der Waals surface area contributed by atoms with E-state index in [4.69, 9.17) is 9.47 Å². The SMILES string of the molecule is C=CCO[C@H]1[C@H](NC(=O)COC)c2ccccc2C12CCN(C/C(C)=C/c1ccccc1)CC2. The number of hydrogen-bond donors (Lipinski definition) is 1. The quantitative estimate of drug-likeness (QED) is 0.560. The Morgan fingerprint density at radius 2 is 1.85 bits per heavy atom. The Bertz CT molecular complexity index is 1010. The highest BCUT2D eigenvalue weighted by molar-refractivity contribution is 5.78. The van der Waals surface area contributed by atoms with Gasteiger partial charge in [-0.2, -0.15) is 0 Å². The molecule has 1 amide bonds. The Kier molecular flexibility index (Phi) is 7.99. The van der Waals surface area contributed by atoms with Crippen LogP contribution in [0.5, 0.6) is 0 Å². The van der Waals surface area contributed by atoms with Crippen molar-refractivity contribution in [2.24, 2.45) is 0 Å². The minimum absolute atomic E-state index is 0.0423. The zero-order valence-corrected chi connectivity index (χ0v) is 20.3. The molecule has 0 unspecified atom stereocenters. The van der Waals surface area contributed by atoms with Gasteiger partial charge in [0.15, 0.2) is 0 Å². The number of benzene rings is 2. The monoisotopic (exact) mass is 460 g/mol. The smallest absolute Gasteiger partial charge is 0.246 e. The lowest BCUT2D eigenvalue weighted by molar-refractivity contribution is -0.127. The molecule has 180 valence electrons. The van der Waals surface area contributed by atoms with Gasteiger partial charge in [0.2, 0.25) is 5.91 Å². The highest BCUT2D eigenvalue weighted by atomic mass is 16.5. The van der Waals surface area contributed by atoms with Crippen molar-refractivity contribution in [3.63, 3.8) is 0 Å². The van der Waals surface area contributed by atoms with Gasteiger partial charge in [0, 0.05) is 19.1 Å². The molecule has 0 aromatic heterocycles. The first kappa shape index (κ1) is 24.4. The van der Waals surface area contributed by atoms with Gasteiger partial charge in [0.05, 0.1) is 18.8 Å². The molecule has 2 aromatic carbocycles. The molecule has 4 rings (SSSR count). The molecule has 0 radical (unpaired) electrons. The Hall–Kier alpha value is -2.73. The van der Waals surface area contributed by atoms with Gasteiger partial charge < -0.3 is 14.8 Å². The third-order valence-corrected chi connectivity index (χ3v) is 7.10. The minimum Gasteiger partial charge on any atom is -0.375 e. The average Bonchev–Trinajstić information content (AvgIpc) is 3.08. The van der Waals surface area contributed by atoms with Crippen LogP contribution in [0.4, 0.5) is 0 Å². The van der Waals surface area contributed by atoms with E-state index in [1.54, 1.807) is 13.2 Å². The number of amides is 1. The lowest BCUT2D eigenvalue weighted by Gasteiger charge is -2.44. The zero-order valence-electron chi connectivity index (χ0n) is 20.3. The van der Waals surface area contributed by atoms with Crippen molar-refractivity contribution >= 4 is 12.0 Å². The molecule has 2 aliphatic rings. The van der Waals surface area contributed by atoms with Crippen LogP contribution in [-0.2, 0) is 19.7 Å². The number of nitrogens with zero attached hydrogens (tertiary/aromatic N) is 1. The number of methoxy groups -OCH3 is 1. The van der Waals surface area contributed by atoms with Crippen LogP contribution in [0.3, 0.4) is 0 Å². The first-order valence-corrected chi connectivity index (χ1v) is 12.1. The molecule has 5 heteroatoms. The van der Waals surface area contributed by atoms with Crippen LogP contribution >= 0.6 is 0 Å². The summed E-state index contributed by atoms with van der Waals surface area (Å²) in [5.74, 6) is -0.120. The van der Waals surface area contributed by atoms with Gasteiger partial charge in [0.25, 0.3) is 0 Å². The van der Waals surface area contributed by atoms with E-state index in [9.17, 15) is 4.79 Å². The summed E-state index contributed by atoms with van der Waals surface area (Å²) in [6.45, 7) is 9.49. The van der Waals surface area contributed by atoms with Crippen molar-refractivity contribution in [3.05, 3.63) is 89.5 Å². The van der Waals surface area contributed by atoms with E-state index in [1.807, 2.05) is 12.1 Å². The molecule has 1 aliphatic heterocycles. The van der Waals surface area contributed by atoms with Gasteiger partial charge >= 0.3 is 0 Å². The van der Waals surface area contributed by atoms with E-state index < -0.39 is 0 Å². The second-order valence-electron chi connectivity index (χ2n) is 9.44. The number of fused-ring (bicyclic) bond motifs is 2. The number of hydrogen-bond acceptors (Lipinski definition) is 4. The van der Waals surface area contributed by atoms with E-state index in [0.717, 1.165) is 38.0 Å². The van der Waals surface area contributed by atoms with Gasteiger partial charge in [-0.1, -0.05) is 72.3 Å². The third-order valence-electron chi connectivity index (χ3n) is 7.10. The van der Waals surface area contributed by atoms with Crippen LogP contribution in [-0.4, -0.2) is 56.9 Å². The molecule has 1 spiro atoms. The van der Waals surface area contributed by atoms with Crippen molar-refractivity contribution in [3.8, 4) is 0 Å². The summed E-state index contributed by atoms with van der Waals surface area (Å²) in [5.41, 5.74) is 4.94. The Morgan fingerprint density at radius 1 is 1.15 bits per heavy atom. The number of ether oxygens (including phenoxy) is 2. The summed E-state index contributed by atoms with van der Waals surface area (Å²) >= 11 is 0. The normalized spacial score (nSPS) is 21.9.